The monoisotopic (exact) mass is 327 g/mol. The fraction of sp³-hybridized carbons (Fsp3) is 0.400. The minimum absolute atomic E-state index is 0.125. The SMILES string of the molecule is OCC1CNC[C@H](CO)C1c1ccc(OCc2ccccc2)cc1. The van der Waals surface area contributed by atoms with Gasteiger partial charge in [-0.2, -0.15) is 0 Å². The molecule has 2 aromatic rings. The molecule has 3 N–H and O–H groups in total. The van der Waals surface area contributed by atoms with Gasteiger partial charge in [0.25, 0.3) is 0 Å². The topological polar surface area (TPSA) is 61.7 Å². The first kappa shape index (κ1) is 17.0. The molecule has 0 bridgehead atoms. The number of aliphatic hydroxyl groups is 2. The summed E-state index contributed by atoms with van der Waals surface area (Å²) in [5.41, 5.74) is 2.29. The van der Waals surface area contributed by atoms with Gasteiger partial charge < -0.3 is 20.3 Å². The molecule has 1 heterocycles. The fourth-order valence-electron chi connectivity index (χ4n) is 3.52. The molecule has 4 nitrogen and oxygen atoms in total. The van der Waals surface area contributed by atoms with Gasteiger partial charge in [-0.1, -0.05) is 42.5 Å². The second-order valence-electron chi connectivity index (χ2n) is 6.41. The standard InChI is InChI=1S/C20H25NO3/c22-12-17-10-21-11-18(13-23)20(17)16-6-8-19(9-7-16)24-14-15-4-2-1-3-5-15/h1-9,17-18,20-23H,10-14H2/t17-,18?,20?/m1/s1. The van der Waals surface area contributed by atoms with Crippen LogP contribution in [0.5, 0.6) is 5.75 Å². The molecule has 4 heteroatoms. The highest BCUT2D eigenvalue weighted by molar-refractivity contribution is 5.31. The molecular weight excluding hydrogens is 302 g/mol. The van der Waals surface area contributed by atoms with E-state index in [1.165, 1.54) is 0 Å². The summed E-state index contributed by atoms with van der Waals surface area (Å²) >= 11 is 0. The number of benzene rings is 2. The van der Waals surface area contributed by atoms with Crippen molar-refractivity contribution < 1.29 is 14.9 Å². The van der Waals surface area contributed by atoms with Crippen molar-refractivity contribution in [1.29, 1.82) is 0 Å². The quantitative estimate of drug-likeness (QED) is 0.761. The van der Waals surface area contributed by atoms with Crippen LogP contribution in [0.4, 0.5) is 0 Å². The van der Waals surface area contributed by atoms with Crippen LogP contribution in [0.3, 0.4) is 0 Å². The van der Waals surface area contributed by atoms with Crippen LogP contribution in [0.1, 0.15) is 17.0 Å². The number of piperidine rings is 1. The molecule has 0 aliphatic carbocycles. The van der Waals surface area contributed by atoms with Crippen LogP contribution < -0.4 is 10.1 Å². The molecule has 1 fully saturated rings. The van der Waals surface area contributed by atoms with E-state index in [1.54, 1.807) is 0 Å². The zero-order chi connectivity index (χ0) is 16.8. The van der Waals surface area contributed by atoms with Gasteiger partial charge in [-0.3, -0.25) is 0 Å². The molecule has 0 spiro atoms. The maximum atomic E-state index is 9.65. The first-order chi connectivity index (χ1) is 11.8. The number of hydrogen-bond donors (Lipinski definition) is 3. The van der Waals surface area contributed by atoms with Crippen LogP contribution in [0.25, 0.3) is 0 Å². The summed E-state index contributed by atoms with van der Waals surface area (Å²) in [6.45, 7) is 2.36. The summed E-state index contributed by atoms with van der Waals surface area (Å²) in [6.07, 6.45) is 0. The van der Waals surface area contributed by atoms with Crippen molar-refractivity contribution >= 4 is 0 Å². The Labute approximate surface area is 143 Å². The molecule has 0 saturated carbocycles. The van der Waals surface area contributed by atoms with E-state index < -0.39 is 0 Å². The number of nitrogens with one attached hydrogen (secondary N) is 1. The second-order valence-corrected chi connectivity index (χ2v) is 6.41. The molecule has 128 valence electrons. The van der Waals surface area contributed by atoms with Crippen molar-refractivity contribution in [3.8, 4) is 5.75 Å². The van der Waals surface area contributed by atoms with Crippen LogP contribution >= 0.6 is 0 Å². The molecule has 3 atom stereocenters. The minimum Gasteiger partial charge on any atom is -0.489 e. The summed E-state index contributed by atoms with van der Waals surface area (Å²) in [5, 5.41) is 22.6. The Morgan fingerprint density at radius 2 is 1.50 bits per heavy atom. The lowest BCUT2D eigenvalue weighted by Gasteiger charge is -2.37. The zero-order valence-corrected chi connectivity index (χ0v) is 13.8. The van der Waals surface area contributed by atoms with E-state index in [0.717, 1.165) is 30.0 Å². The fourth-order valence-corrected chi connectivity index (χ4v) is 3.52. The van der Waals surface area contributed by atoms with Gasteiger partial charge in [-0.15, -0.1) is 0 Å². The van der Waals surface area contributed by atoms with Gasteiger partial charge in [-0.25, -0.2) is 0 Å². The number of rotatable bonds is 6. The first-order valence-electron chi connectivity index (χ1n) is 8.51. The van der Waals surface area contributed by atoms with Crippen LogP contribution in [0, 0.1) is 11.8 Å². The van der Waals surface area contributed by atoms with Crippen molar-refractivity contribution in [2.24, 2.45) is 11.8 Å². The van der Waals surface area contributed by atoms with Crippen molar-refractivity contribution in [3.05, 3.63) is 65.7 Å². The van der Waals surface area contributed by atoms with E-state index in [2.05, 4.69) is 17.4 Å². The molecule has 3 rings (SSSR count). The Morgan fingerprint density at radius 3 is 2.08 bits per heavy atom. The Bertz CT molecular complexity index is 603. The summed E-state index contributed by atoms with van der Waals surface area (Å²) < 4.78 is 5.83. The first-order valence-corrected chi connectivity index (χ1v) is 8.51. The van der Waals surface area contributed by atoms with E-state index >= 15 is 0 Å². The van der Waals surface area contributed by atoms with Gasteiger partial charge in [0.1, 0.15) is 12.4 Å². The lowest BCUT2D eigenvalue weighted by Crippen LogP contribution is -2.45. The highest BCUT2D eigenvalue weighted by atomic mass is 16.5. The van der Waals surface area contributed by atoms with Gasteiger partial charge in [0.15, 0.2) is 0 Å². The molecule has 2 aromatic carbocycles. The summed E-state index contributed by atoms with van der Waals surface area (Å²) in [4.78, 5) is 0. The van der Waals surface area contributed by atoms with Crippen LogP contribution in [0.2, 0.25) is 0 Å². The Balaban J connectivity index is 1.68. The van der Waals surface area contributed by atoms with Gasteiger partial charge in [0.05, 0.1) is 0 Å². The second kappa shape index (κ2) is 8.29. The normalized spacial score (nSPS) is 23.8. The molecule has 0 radical (unpaired) electrons. The third-order valence-electron chi connectivity index (χ3n) is 4.81. The van der Waals surface area contributed by atoms with E-state index in [0.29, 0.717) is 6.61 Å². The molecule has 2 unspecified atom stereocenters. The predicted octanol–water partition coefficient (Wildman–Crippen LogP) is 2.17. The molecule has 0 amide bonds. The van der Waals surface area contributed by atoms with E-state index in [1.807, 2.05) is 42.5 Å². The van der Waals surface area contributed by atoms with Crippen LogP contribution in [-0.2, 0) is 6.61 Å². The number of aliphatic hydroxyl groups excluding tert-OH is 2. The molecular formula is C20H25NO3. The van der Waals surface area contributed by atoms with Crippen molar-refractivity contribution in [1.82, 2.24) is 5.32 Å². The summed E-state index contributed by atoms with van der Waals surface area (Å²) in [5.74, 6) is 1.26. The van der Waals surface area contributed by atoms with Gasteiger partial charge in [0.2, 0.25) is 0 Å². The maximum Gasteiger partial charge on any atom is 0.119 e. The lowest BCUT2D eigenvalue weighted by molar-refractivity contribution is 0.107. The Morgan fingerprint density at radius 1 is 0.875 bits per heavy atom. The van der Waals surface area contributed by atoms with E-state index in [9.17, 15) is 10.2 Å². The zero-order valence-electron chi connectivity index (χ0n) is 13.8. The highest BCUT2D eigenvalue weighted by Crippen LogP contribution is 2.35. The molecule has 24 heavy (non-hydrogen) atoms. The molecule has 1 saturated heterocycles. The van der Waals surface area contributed by atoms with Crippen LogP contribution in [-0.4, -0.2) is 36.5 Å². The molecule has 0 aromatic heterocycles. The van der Waals surface area contributed by atoms with Gasteiger partial charge in [-0.05, 0) is 29.2 Å². The maximum absolute atomic E-state index is 9.65. The van der Waals surface area contributed by atoms with Gasteiger partial charge >= 0.3 is 0 Å². The largest absolute Gasteiger partial charge is 0.489 e. The summed E-state index contributed by atoms with van der Waals surface area (Å²) in [6, 6.07) is 18.1. The van der Waals surface area contributed by atoms with Crippen molar-refractivity contribution in [2.75, 3.05) is 26.3 Å². The lowest BCUT2D eigenvalue weighted by atomic mass is 9.75. The predicted molar refractivity (Wildman–Crippen MR) is 94.0 cm³/mol. The van der Waals surface area contributed by atoms with E-state index in [-0.39, 0.29) is 31.0 Å². The number of ether oxygens (including phenoxy) is 1. The Hall–Kier alpha value is -1.88. The van der Waals surface area contributed by atoms with Crippen LogP contribution in [0.15, 0.2) is 54.6 Å². The number of hydrogen-bond acceptors (Lipinski definition) is 4. The highest BCUT2D eigenvalue weighted by Gasteiger charge is 2.33. The summed E-state index contributed by atoms with van der Waals surface area (Å²) in [7, 11) is 0. The van der Waals surface area contributed by atoms with E-state index in [4.69, 9.17) is 4.74 Å². The van der Waals surface area contributed by atoms with Gasteiger partial charge in [0, 0.05) is 38.1 Å². The third kappa shape index (κ3) is 3.96. The molecule has 1 aliphatic heterocycles. The minimum atomic E-state index is 0.125. The Kier molecular flexibility index (Phi) is 5.86. The smallest absolute Gasteiger partial charge is 0.119 e. The molecule has 1 aliphatic rings. The van der Waals surface area contributed by atoms with Crippen molar-refractivity contribution in [3.63, 3.8) is 0 Å². The average Bonchev–Trinajstić information content (AvgIpc) is 2.67. The third-order valence-corrected chi connectivity index (χ3v) is 4.81. The van der Waals surface area contributed by atoms with Crippen molar-refractivity contribution in [2.45, 2.75) is 12.5 Å². The average molecular weight is 327 g/mol.